The van der Waals surface area contributed by atoms with Crippen LogP contribution in [0, 0.1) is 11.3 Å². The molecule has 29 heavy (non-hydrogen) atoms. The molecule has 0 amide bonds. The highest BCUT2D eigenvalue weighted by Crippen LogP contribution is 2.34. The van der Waals surface area contributed by atoms with E-state index in [2.05, 4.69) is 65.6 Å². The van der Waals surface area contributed by atoms with Crippen LogP contribution in [0.2, 0.25) is 0 Å². The van der Waals surface area contributed by atoms with E-state index in [0.717, 1.165) is 29.6 Å². The van der Waals surface area contributed by atoms with Gasteiger partial charge in [0.1, 0.15) is 0 Å². The highest BCUT2D eigenvalue weighted by molar-refractivity contribution is 5.80. The molecule has 5 rings (SSSR count). The quantitative estimate of drug-likeness (QED) is 0.526. The molecule has 0 fully saturated rings. The van der Waals surface area contributed by atoms with E-state index >= 15 is 0 Å². The maximum Gasteiger partial charge on any atom is 0.0991 e. The maximum atomic E-state index is 9.13. The number of hydrogen-bond acceptors (Lipinski definition) is 3. The van der Waals surface area contributed by atoms with Gasteiger partial charge in [-0.1, -0.05) is 42.5 Å². The van der Waals surface area contributed by atoms with E-state index in [1.165, 1.54) is 16.7 Å². The zero-order chi connectivity index (χ0) is 19.8. The number of benzene rings is 3. The summed E-state index contributed by atoms with van der Waals surface area (Å²) in [7, 11) is 2.19. The molecule has 0 bridgehead atoms. The molecule has 4 nitrogen and oxygen atoms in total. The number of aromatic nitrogens is 2. The lowest BCUT2D eigenvalue weighted by molar-refractivity contribution is 0.295. The smallest absolute Gasteiger partial charge is 0.0991 e. The van der Waals surface area contributed by atoms with Crippen molar-refractivity contribution in [3.63, 3.8) is 0 Å². The molecule has 142 valence electrons. The maximum absolute atomic E-state index is 9.13. The minimum absolute atomic E-state index is 0.380. The largest absolute Gasteiger partial charge is 0.301 e. The minimum Gasteiger partial charge on any atom is -0.301 e. The molecule has 0 radical (unpaired) electrons. The molecule has 4 heteroatoms. The predicted octanol–water partition coefficient (Wildman–Crippen LogP) is 4.53. The van der Waals surface area contributed by atoms with Gasteiger partial charge >= 0.3 is 0 Å². The van der Waals surface area contributed by atoms with Crippen molar-refractivity contribution in [1.82, 2.24) is 14.7 Å². The van der Waals surface area contributed by atoms with Crippen molar-refractivity contribution in [3.8, 4) is 6.07 Å². The standard InChI is InChI=1S/C25H22N4/c1-28-16-21-7-2-3-8-23(21)24(17-28)20-9-10-25-22(12-20)14-27-29(25)15-19-6-4-5-18(11-19)13-26/h2-12,14,24H,15-17H2,1H3. The second-order valence-electron chi connectivity index (χ2n) is 7.88. The van der Waals surface area contributed by atoms with Gasteiger partial charge in [-0.15, -0.1) is 0 Å². The van der Waals surface area contributed by atoms with Crippen LogP contribution in [0.4, 0.5) is 0 Å². The Hall–Kier alpha value is -3.42. The van der Waals surface area contributed by atoms with Crippen molar-refractivity contribution < 1.29 is 0 Å². The molecule has 3 aromatic carbocycles. The van der Waals surface area contributed by atoms with Gasteiger partial charge in [-0.3, -0.25) is 4.68 Å². The van der Waals surface area contributed by atoms with Crippen molar-refractivity contribution in [2.75, 3.05) is 13.6 Å². The fourth-order valence-corrected chi connectivity index (χ4v) is 4.43. The van der Waals surface area contributed by atoms with Crippen LogP contribution < -0.4 is 0 Å². The third kappa shape index (κ3) is 3.30. The van der Waals surface area contributed by atoms with Gasteiger partial charge in [0.05, 0.1) is 29.9 Å². The SMILES string of the molecule is CN1Cc2ccccc2C(c2ccc3c(cnn3Cc3cccc(C#N)c3)c2)C1. The molecule has 4 aromatic rings. The zero-order valence-electron chi connectivity index (χ0n) is 16.4. The average Bonchev–Trinajstić information content (AvgIpc) is 3.15. The summed E-state index contributed by atoms with van der Waals surface area (Å²) >= 11 is 0. The van der Waals surface area contributed by atoms with Gasteiger partial charge in [-0.2, -0.15) is 10.4 Å². The van der Waals surface area contributed by atoms with Crippen LogP contribution in [-0.2, 0) is 13.1 Å². The van der Waals surface area contributed by atoms with E-state index in [1.807, 2.05) is 35.1 Å². The fraction of sp³-hybridized carbons (Fsp3) is 0.200. The van der Waals surface area contributed by atoms with E-state index in [1.54, 1.807) is 0 Å². The summed E-state index contributed by atoms with van der Waals surface area (Å²) in [6.45, 7) is 2.69. The minimum atomic E-state index is 0.380. The molecule has 0 N–H and O–H groups in total. The molecule has 1 atom stereocenters. The summed E-state index contributed by atoms with van der Waals surface area (Å²) in [5.41, 5.74) is 7.07. The van der Waals surface area contributed by atoms with Crippen molar-refractivity contribution in [2.45, 2.75) is 19.0 Å². The van der Waals surface area contributed by atoms with Gasteiger partial charge in [-0.25, -0.2) is 0 Å². The Morgan fingerprint density at radius 1 is 1.07 bits per heavy atom. The number of nitriles is 1. The lowest BCUT2D eigenvalue weighted by atomic mass is 9.84. The van der Waals surface area contributed by atoms with Crippen LogP contribution in [-0.4, -0.2) is 28.3 Å². The van der Waals surface area contributed by atoms with Crippen LogP contribution in [0.1, 0.15) is 33.7 Å². The summed E-state index contributed by atoms with van der Waals surface area (Å²) in [6.07, 6.45) is 1.95. The average molecular weight is 378 g/mol. The first-order valence-corrected chi connectivity index (χ1v) is 9.92. The summed E-state index contributed by atoms with van der Waals surface area (Å²) in [6, 6.07) is 25.4. The van der Waals surface area contributed by atoms with Gasteiger partial charge in [-0.05, 0) is 53.6 Å². The normalized spacial score (nSPS) is 16.5. The Morgan fingerprint density at radius 3 is 2.86 bits per heavy atom. The molecular weight excluding hydrogens is 356 g/mol. The third-order valence-corrected chi connectivity index (χ3v) is 5.82. The Labute approximate surface area is 170 Å². The molecule has 0 saturated carbocycles. The van der Waals surface area contributed by atoms with E-state index in [4.69, 9.17) is 5.26 Å². The summed E-state index contributed by atoms with van der Waals surface area (Å²) in [5.74, 6) is 0.380. The van der Waals surface area contributed by atoms with Crippen LogP contribution >= 0.6 is 0 Å². The summed E-state index contributed by atoms with van der Waals surface area (Å²) in [4.78, 5) is 2.39. The van der Waals surface area contributed by atoms with Crippen LogP contribution in [0.5, 0.6) is 0 Å². The molecule has 1 aliphatic rings. The van der Waals surface area contributed by atoms with E-state index in [9.17, 15) is 0 Å². The molecule has 1 aliphatic heterocycles. The Kier molecular flexibility index (Phi) is 4.38. The molecule has 0 saturated heterocycles. The van der Waals surface area contributed by atoms with Crippen molar-refractivity contribution in [2.24, 2.45) is 0 Å². The summed E-state index contributed by atoms with van der Waals surface area (Å²) in [5, 5.41) is 14.9. The highest BCUT2D eigenvalue weighted by Gasteiger charge is 2.24. The molecular formula is C25H22N4. The van der Waals surface area contributed by atoms with Crippen molar-refractivity contribution in [3.05, 3.63) is 101 Å². The third-order valence-electron chi connectivity index (χ3n) is 5.82. The van der Waals surface area contributed by atoms with E-state index < -0.39 is 0 Å². The second kappa shape index (κ2) is 7.20. The van der Waals surface area contributed by atoms with Gasteiger partial charge in [0.2, 0.25) is 0 Å². The summed E-state index contributed by atoms with van der Waals surface area (Å²) < 4.78 is 2.01. The first-order valence-electron chi connectivity index (χ1n) is 9.92. The topological polar surface area (TPSA) is 44.9 Å². The van der Waals surface area contributed by atoms with Gasteiger partial charge in [0.25, 0.3) is 0 Å². The second-order valence-corrected chi connectivity index (χ2v) is 7.88. The van der Waals surface area contributed by atoms with E-state index in [-0.39, 0.29) is 0 Å². The Balaban J connectivity index is 1.49. The molecule has 0 spiro atoms. The molecule has 2 heterocycles. The van der Waals surface area contributed by atoms with E-state index in [0.29, 0.717) is 18.0 Å². The lowest BCUT2D eigenvalue weighted by Crippen LogP contribution is -2.30. The number of hydrogen-bond donors (Lipinski definition) is 0. The van der Waals surface area contributed by atoms with Crippen LogP contribution in [0.3, 0.4) is 0 Å². The number of likely N-dealkylation sites (N-methyl/N-ethyl adjacent to an activating group) is 1. The Morgan fingerprint density at radius 2 is 1.97 bits per heavy atom. The van der Waals surface area contributed by atoms with Crippen molar-refractivity contribution in [1.29, 1.82) is 5.26 Å². The van der Waals surface area contributed by atoms with Gasteiger partial charge in [0, 0.05) is 24.4 Å². The van der Waals surface area contributed by atoms with Gasteiger partial charge < -0.3 is 4.90 Å². The molecule has 1 unspecified atom stereocenters. The number of rotatable bonds is 3. The number of nitrogens with zero attached hydrogens (tertiary/aromatic N) is 4. The van der Waals surface area contributed by atoms with Crippen LogP contribution in [0.25, 0.3) is 10.9 Å². The number of fused-ring (bicyclic) bond motifs is 2. The Bertz CT molecular complexity index is 1230. The monoisotopic (exact) mass is 378 g/mol. The fourth-order valence-electron chi connectivity index (χ4n) is 4.43. The molecule has 0 aliphatic carbocycles. The van der Waals surface area contributed by atoms with Crippen LogP contribution in [0.15, 0.2) is 72.9 Å². The highest BCUT2D eigenvalue weighted by atomic mass is 15.3. The zero-order valence-corrected chi connectivity index (χ0v) is 16.4. The van der Waals surface area contributed by atoms with Crippen molar-refractivity contribution >= 4 is 10.9 Å². The first-order chi connectivity index (χ1) is 14.2. The molecule has 1 aromatic heterocycles. The lowest BCUT2D eigenvalue weighted by Gasteiger charge is -2.32. The van der Waals surface area contributed by atoms with Gasteiger partial charge in [0.15, 0.2) is 0 Å². The predicted molar refractivity (Wildman–Crippen MR) is 115 cm³/mol. The first kappa shape index (κ1) is 17.7.